The second kappa shape index (κ2) is 2.36. The molecule has 1 N–H and O–H groups in total. The van der Waals surface area contributed by atoms with Crippen molar-refractivity contribution in [3.8, 4) is 0 Å². The zero-order chi connectivity index (χ0) is 8.54. The number of hydrogen-bond donors (Lipinski definition) is 1. The van der Waals surface area contributed by atoms with Gasteiger partial charge in [-0.1, -0.05) is 19.9 Å². The van der Waals surface area contributed by atoms with E-state index >= 15 is 0 Å². The first-order chi connectivity index (χ1) is 5.08. The van der Waals surface area contributed by atoms with Gasteiger partial charge in [0.25, 0.3) is 0 Å². The maximum absolute atomic E-state index is 10.3. The number of hydrogen-bond acceptors (Lipinski definition) is 1. The maximum Gasteiger partial charge on any atom is 0.207 e. The highest BCUT2D eigenvalue weighted by atomic mass is 16.1. The molecule has 0 heterocycles. The van der Waals surface area contributed by atoms with Crippen molar-refractivity contribution in [2.45, 2.75) is 32.2 Å². The molecule has 0 bridgehead atoms. The molecule has 0 atom stereocenters. The molecule has 0 aromatic heterocycles. The third kappa shape index (κ3) is 1.17. The van der Waals surface area contributed by atoms with Crippen LogP contribution in [0, 0.1) is 5.41 Å². The number of nitrogens with one attached hydrogen (secondary N) is 1. The minimum absolute atomic E-state index is 0.0104. The molecule has 0 radical (unpaired) electrons. The molecule has 0 spiro atoms. The Bertz CT molecular complexity index is 180. The molecule has 2 nitrogen and oxygen atoms in total. The lowest BCUT2D eigenvalue weighted by Gasteiger charge is -2.31. The van der Waals surface area contributed by atoms with Crippen LogP contribution in [0.2, 0.25) is 0 Å². The summed E-state index contributed by atoms with van der Waals surface area (Å²) in [6.45, 7) is 7.97. The Morgan fingerprint density at radius 2 is 2.09 bits per heavy atom. The Hall–Kier alpha value is -0.790. The van der Waals surface area contributed by atoms with E-state index in [4.69, 9.17) is 0 Å². The van der Waals surface area contributed by atoms with E-state index in [1.165, 1.54) is 0 Å². The van der Waals surface area contributed by atoms with Gasteiger partial charge in [0.15, 0.2) is 0 Å². The van der Waals surface area contributed by atoms with E-state index in [-0.39, 0.29) is 11.0 Å². The summed E-state index contributed by atoms with van der Waals surface area (Å²) in [5.41, 5.74) is 0.0322. The normalized spacial score (nSPS) is 20.5. The molecule has 62 valence electrons. The van der Waals surface area contributed by atoms with Crippen molar-refractivity contribution in [3.63, 3.8) is 0 Å². The van der Waals surface area contributed by atoms with Crippen molar-refractivity contribution in [1.82, 2.24) is 5.32 Å². The highest BCUT2D eigenvalue weighted by molar-refractivity contribution is 5.50. The molecule has 0 unspecified atom stereocenters. The summed E-state index contributed by atoms with van der Waals surface area (Å²) in [5.74, 6) is 0. The fourth-order valence-electron chi connectivity index (χ4n) is 1.41. The average Bonchev–Trinajstić information content (AvgIpc) is 2.70. The van der Waals surface area contributed by atoms with Crippen LogP contribution in [0.25, 0.3) is 0 Å². The Kier molecular flexibility index (Phi) is 1.78. The zero-order valence-corrected chi connectivity index (χ0v) is 7.18. The van der Waals surface area contributed by atoms with Crippen molar-refractivity contribution in [1.29, 1.82) is 0 Å². The first-order valence-electron chi connectivity index (χ1n) is 3.93. The van der Waals surface area contributed by atoms with E-state index in [9.17, 15) is 4.79 Å². The van der Waals surface area contributed by atoms with Crippen LogP contribution in [0.4, 0.5) is 0 Å². The van der Waals surface area contributed by atoms with Crippen molar-refractivity contribution >= 4 is 6.41 Å². The molecule has 11 heavy (non-hydrogen) atoms. The second-order valence-electron chi connectivity index (χ2n) is 3.77. The Morgan fingerprint density at radius 1 is 1.55 bits per heavy atom. The Balaban J connectivity index is 2.71. The molecule has 1 rings (SSSR count). The third-order valence-corrected chi connectivity index (χ3v) is 2.83. The first-order valence-corrected chi connectivity index (χ1v) is 3.93. The summed E-state index contributed by atoms with van der Waals surface area (Å²) in [5, 5.41) is 2.87. The van der Waals surface area contributed by atoms with Gasteiger partial charge in [0.05, 0.1) is 0 Å². The first kappa shape index (κ1) is 8.31. The average molecular weight is 153 g/mol. The molecule has 0 saturated heterocycles. The summed E-state index contributed by atoms with van der Waals surface area (Å²) in [6.07, 6.45) is 4.85. The summed E-state index contributed by atoms with van der Waals surface area (Å²) >= 11 is 0. The van der Waals surface area contributed by atoms with Gasteiger partial charge in [-0.2, -0.15) is 0 Å². The third-order valence-electron chi connectivity index (χ3n) is 2.83. The van der Waals surface area contributed by atoms with Crippen LogP contribution in [-0.4, -0.2) is 11.9 Å². The van der Waals surface area contributed by atoms with Gasteiger partial charge in [0, 0.05) is 11.0 Å². The van der Waals surface area contributed by atoms with Crippen LogP contribution in [0.1, 0.15) is 26.7 Å². The highest BCUT2D eigenvalue weighted by Crippen LogP contribution is 2.50. The molecule has 2 heteroatoms. The quantitative estimate of drug-likeness (QED) is 0.481. The Morgan fingerprint density at radius 3 is 2.36 bits per heavy atom. The van der Waals surface area contributed by atoms with Crippen LogP contribution < -0.4 is 5.32 Å². The lowest BCUT2D eigenvalue weighted by atomic mass is 9.82. The van der Waals surface area contributed by atoms with E-state index < -0.39 is 0 Å². The van der Waals surface area contributed by atoms with E-state index in [0.717, 1.165) is 19.3 Å². The van der Waals surface area contributed by atoms with Gasteiger partial charge in [0.1, 0.15) is 0 Å². The van der Waals surface area contributed by atoms with Crippen molar-refractivity contribution in [2.24, 2.45) is 5.41 Å². The van der Waals surface area contributed by atoms with Gasteiger partial charge in [-0.25, -0.2) is 0 Å². The van der Waals surface area contributed by atoms with Crippen molar-refractivity contribution in [3.05, 3.63) is 12.7 Å². The molecule has 1 fully saturated rings. The van der Waals surface area contributed by atoms with E-state index in [1.807, 2.05) is 6.08 Å². The SMILES string of the molecule is C=CC(C)(C)C1(NC=O)CC1. The molecule has 1 aliphatic carbocycles. The molecule has 0 aromatic carbocycles. The van der Waals surface area contributed by atoms with Crippen molar-refractivity contribution < 1.29 is 4.79 Å². The molecular weight excluding hydrogens is 138 g/mol. The van der Waals surface area contributed by atoms with Crippen LogP contribution in [0.5, 0.6) is 0 Å². The predicted molar refractivity (Wildman–Crippen MR) is 45.1 cm³/mol. The summed E-state index contributed by atoms with van der Waals surface area (Å²) < 4.78 is 0. The van der Waals surface area contributed by atoms with Gasteiger partial charge >= 0.3 is 0 Å². The topological polar surface area (TPSA) is 29.1 Å². The van der Waals surface area contributed by atoms with Gasteiger partial charge in [0.2, 0.25) is 6.41 Å². The number of rotatable bonds is 4. The summed E-state index contributed by atoms with van der Waals surface area (Å²) in [6, 6.07) is 0. The van der Waals surface area contributed by atoms with Crippen molar-refractivity contribution in [2.75, 3.05) is 0 Å². The summed E-state index contributed by atoms with van der Waals surface area (Å²) in [7, 11) is 0. The van der Waals surface area contributed by atoms with E-state index in [2.05, 4.69) is 25.7 Å². The minimum Gasteiger partial charge on any atom is -0.352 e. The standard InChI is InChI=1S/C9H15NO/c1-4-8(2,3)9(5-6-9)10-7-11/h4,7H,1,5-6H2,2-3H3,(H,10,11). The molecule has 1 saturated carbocycles. The second-order valence-corrected chi connectivity index (χ2v) is 3.77. The van der Waals surface area contributed by atoms with Crippen LogP contribution in [0.15, 0.2) is 12.7 Å². The number of carbonyl (C=O) groups excluding carboxylic acids is 1. The van der Waals surface area contributed by atoms with Crippen LogP contribution in [-0.2, 0) is 4.79 Å². The van der Waals surface area contributed by atoms with Crippen LogP contribution in [0.3, 0.4) is 0 Å². The fraction of sp³-hybridized carbons (Fsp3) is 0.667. The van der Waals surface area contributed by atoms with Gasteiger partial charge in [-0.15, -0.1) is 6.58 Å². The van der Waals surface area contributed by atoms with E-state index in [0.29, 0.717) is 0 Å². The van der Waals surface area contributed by atoms with Gasteiger partial charge in [-0.05, 0) is 12.8 Å². The molecule has 1 aliphatic rings. The molecule has 1 amide bonds. The van der Waals surface area contributed by atoms with Crippen LogP contribution >= 0.6 is 0 Å². The number of carbonyl (C=O) groups is 1. The van der Waals surface area contributed by atoms with Gasteiger partial charge < -0.3 is 5.32 Å². The smallest absolute Gasteiger partial charge is 0.207 e. The lowest BCUT2D eigenvalue weighted by Crippen LogP contribution is -2.42. The monoisotopic (exact) mass is 153 g/mol. The highest BCUT2D eigenvalue weighted by Gasteiger charge is 2.52. The Labute approximate surface area is 67.7 Å². The zero-order valence-electron chi connectivity index (χ0n) is 7.18. The summed E-state index contributed by atoms with van der Waals surface area (Å²) in [4.78, 5) is 10.3. The fourth-order valence-corrected chi connectivity index (χ4v) is 1.41. The largest absolute Gasteiger partial charge is 0.352 e. The lowest BCUT2D eigenvalue weighted by molar-refractivity contribution is -0.111. The van der Waals surface area contributed by atoms with E-state index in [1.54, 1.807) is 0 Å². The molecular formula is C9H15NO. The number of amides is 1. The molecule has 0 aromatic rings. The van der Waals surface area contributed by atoms with Gasteiger partial charge in [-0.3, -0.25) is 4.79 Å². The molecule has 0 aliphatic heterocycles. The maximum atomic E-state index is 10.3. The predicted octanol–water partition coefficient (Wildman–Crippen LogP) is 1.48. The minimum atomic E-state index is 0.0104.